The van der Waals surface area contributed by atoms with Gasteiger partial charge in [0, 0.05) is 47.6 Å². The SMILES string of the molecule is COc1cccn(-c2cccc(CN3C(=O)[C@]4(O[C@H](CC(=O)N5CCC[C@H]5CO)[C@@H]([Si](C)(C)F)[C@@H]4C)c4cc([N+](=O)[O-])ccc43)c2)c1=O. The van der Waals surface area contributed by atoms with Crippen LogP contribution in [-0.4, -0.2) is 72.1 Å². The van der Waals surface area contributed by atoms with E-state index >= 15 is 4.11 Å². The maximum absolute atomic E-state index is 16.3. The molecule has 3 aliphatic heterocycles. The number of ether oxygens (including phenoxy) is 2. The molecule has 2 aromatic carbocycles. The van der Waals surface area contributed by atoms with Crippen LogP contribution in [0.1, 0.15) is 37.3 Å². The van der Waals surface area contributed by atoms with Crippen LogP contribution in [0, 0.1) is 16.0 Å². The quantitative estimate of drug-likeness (QED) is 0.151. The fourth-order valence-electron chi connectivity index (χ4n) is 7.97. The smallest absolute Gasteiger partial charge is 0.297 e. The van der Waals surface area contributed by atoms with E-state index in [0.717, 1.165) is 6.42 Å². The lowest BCUT2D eigenvalue weighted by Gasteiger charge is -2.31. The van der Waals surface area contributed by atoms with Gasteiger partial charge in [-0.25, -0.2) is 0 Å². The third-order valence-corrected chi connectivity index (χ3v) is 12.6. The maximum atomic E-state index is 16.3. The molecule has 2 fully saturated rings. The fourth-order valence-corrected chi connectivity index (χ4v) is 10.5. The molecule has 12 nitrogen and oxygen atoms in total. The number of carbonyl (C=O) groups is 2. The third kappa shape index (κ3) is 5.50. The standard InChI is InChI=1S/C34H39FN4O8Si/c1-21-31(48(3,4)35)29(18-30(41)36-14-6-10-25(36)20-40)47-34(21)26-17-24(39(44)45)12-13-27(26)38(33(34)43)19-22-8-5-9-23(16-22)37-15-7-11-28(46-2)32(37)42/h5,7-9,11-13,15-17,21,25,29,31,40H,6,10,14,18-20H2,1-4H3/t21-,25-,29+,31-,34+/m0/s1. The van der Waals surface area contributed by atoms with E-state index < -0.39 is 42.4 Å². The summed E-state index contributed by atoms with van der Waals surface area (Å²) >= 11 is 0. The molecule has 3 aromatic rings. The highest BCUT2D eigenvalue weighted by Crippen LogP contribution is 2.60. The summed E-state index contributed by atoms with van der Waals surface area (Å²) in [6.07, 6.45) is 1.88. The molecule has 0 radical (unpaired) electrons. The lowest BCUT2D eigenvalue weighted by molar-refractivity contribution is -0.385. The molecule has 0 aliphatic carbocycles. The number of nitro groups is 1. The number of methoxy groups -OCH3 is 1. The van der Waals surface area contributed by atoms with E-state index in [0.29, 0.717) is 29.9 Å². The molecule has 2 saturated heterocycles. The molecule has 4 heterocycles. The number of halogens is 1. The van der Waals surface area contributed by atoms with E-state index in [-0.39, 0.29) is 54.1 Å². The zero-order valence-electron chi connectivity index (χ0n) is 27.3. The van der Waals surface area contributed by atoms with E-state index in [1.54, 1.807) is 54.4 Å². The van der Waals surface area contributed by atoms with Crippen LogP contribution in [0.4, 0.5) is 15.5 Å². The van der Waals surface area contributed by atoms with Crippen LogP contribution >= 0.6 is 0 Å². The number of pyridine rings is 1. The van der Waals surface area contributed by atoms with Gasteiger partial charge in [0.25, 0.3) is 17.2 Å². The van der Waals surface area contributed by atoms with E-state index in [2.05, 4.69) is 0 Å². The summed E-state index contributed by atoms with van der Waals surface area (Å²) in [5.41, 5.74) is -1.29. The molecule has 1 spiro atoms. The Labute approximate surface area is 278 Å². The number of aliphatic hydroxyl groups is 1. The first-order chi connectivity index (χ1) is 22.8. The molecule has 0 bridgehead atoms. The lowest BCUT2D eigenvalue weighted by atomic mass is 9.82. The predicted octanol–water partition coefficient (Wildman–Crippen LogP) is 4.45. The molecule has 0 unspecified atom stereocenters. The molecule has 14 heteroatoms. The Balaban J connectivity index is 1.40. The minimum atomic E-state index is -3.61. The third-order valence-electron chi connectivity index (χ3n) is 10.1. The number of non-ortho nitro benzene ring substituents is 1. The monoisotopic (exact) mass is 678 g/mol. The molecule has 5 atom stereocenters. The number of hydrogen-bond donors (Lipinski definition) is 1. The molecule has 1 aromatic heterocycles. The maximum Gasteiger partial charge on any atom is 0.297 e. The number of nitro benzene ring substituents is 1. The number of aliphatic hydroxyl groups excluding tert-OH is 1. The van der Waals surface area contributed by atoms with Gasteiger partial charge in [-0.2, -0.15) is 0 Å². The van der Waals surface area contributed by atoms with Crippen LogP contribution in [-0.2, 0) is 26.5 Å². The largest absolute Gasteiger partial charge is 0.491 e. The van der Waals surface area contributed by atoms with Crippen LogP contribution < -0.4 is 15.2 Å². The number of aromatic nitrogens is 1. The Morgan fingerprint density at radius 3 is 2.65 bits per heavy atom. The van der Waals surface area contributed by atoms with Crippen LogP contribution in [0.5, 0.6) is 5.75 Å². The summed E-state index contributed by atoms with van der Waals surface area (Å²) < 4.78 is 29.5. The van der Waals surface area contributed by atoms with Crippen molar-refractivity contribution in [3.8, 4) is 11.4 Å². The highest BCUT2D eigenvalue weighted by atomic mass is 28.4. The first kappa shape index (κ1) is 33.5. The first-order valence-corrected chi connectivity index (χ1v) is 19.0. The molecule has 6 rings (SSSR count). The van der Waals surface area contributed by atoms with Gasteiger partial charge in [0.05, 0.1) is 49.4 Å². The lowest BCUT2D eigenvalue weighted by Crippen LogP contribution is -2.45. The van der Waals surface area contributed by atoms with Gasteiger partial charge < -0.3 is 28.5 Å². The normalized spacial score (nSPS) is 25.2. The molecular weight excluding hydrogens is 639 g/mol. The Bertz CT molecular complexity index is 1830. The van der Waals surface area contributed by atoms with Crippen molar-refractivity contribution in [3.63, 3.8) is 0 Å². The summed E-state index contributed by atoms with van der Waals surface area (Å²) in [5.74, 6) is -1.37. The summed E-state index contributed by atoms with van der Waals surface area (Å²) in [6, 6.07) is 14.1. The minimum absolute atomic E-state index is 0.0324. The van der Waals surface area contributed by atoms with Gasteiger partial charge in [0.2, 0.25) is 14.3 Å². The van der Waals surface area contributed by atoms with Gasteiger partial charge in [-0.05, 0) is 61.8 Å². The number of amides is 2. The van der Waals surface area contributed by atoms with E-state index in [1.165, 1.54) is 47.9 Å². The van der Waals surface area contributed by atoms with Crippen molar-refractivity contribution in [3.05, 3.63) is 92.4 Å². The average molecular weight is 679 g/mol. The van der Waals surface area contributed by atoms with Gasteiger partial charge >= 0.3 is 0 Å². The van der Waals surface area contributed by atoms with E-state index in [4.69, 9.17) is 9.47 Å². The van der Waals surface area contributed by atoms with Crippen LogP contribution in [0.3, 0.4) is 0 Å². The highest BCUT2D eigenvalue weighted by Gasteiger charge is 2.67. The van der Waals surface area contributed by atoms with Crippen LogP contribution in [0.2, 0.25) is 18.6 Å². The second kappa shape index (κ2) is 12.6. The van der Waals surface area contributed by atoms with Crippen molar-refractivity contribution in [2.24, 2.45) is 5.92 Å². The van der Waals surface area contributed by atoms with Gasteiger partial charge in [0.15, 0.2) is 11.4 Å². The Kier molecular flexibility index (Phi) is 8.77. The number of anilines is 1. The average Bonchev–Trinajstić information content (AvgIpc) is 3.71. The molecule has 48 heavy (non-hydrogen) atoms. The van der Waals surface area contributed by atoms with Crippen molar-refractivity contribution < 1.29 is 33.2 Å². The van der Waals surface area contributed by atoms with Crippen LogP contribution in [0.25, 0.3) is 5.69 Å². The molecule has 1 N–H and O–H groups in total. The topological polar surface area (TPSA) is 144 Å². The van der Waals surface area contributed by atoms with E-state index in [9.17, 15) is 29.6 Å². The van der Waals surface area contributed by atoms with E-state index in [1.807, 2.05) is 0 Å². The fraction of sp³-hybridized carbons (Fsp3) is 0.441. The van der Waals surface area contributed by atoms with Crippen molar-refractivity contribution in [2.75, 3.05) is 25.2 Å². The number of carbonyl (C=O) groups excluding carboxylic acids is 2. The number of nitrogens with zero attached hydrogens (tertiary/aromatic N) is 4. The van der Waals surface area contributed by atoms with Gasteiger partial charge in [-0.3, -0.25) is 29.1 Å². The summed E-state index contributed by atoms with van der Waals surface area (Å²) in [4.78, 5) is 55.7. The van der Waals surface area contributed by atoms with Crippen molar-refractivity contribution in [1.29, 1.82) is 0 Å². The number of benzene rings is 2. The first-order valence-electron chi connectivity index (χ1n) is 16.0. The molecular formula is C34H39FN4O8Si. The van der Waals surface area contributed by atoms with Gasteiger partial charge in [-0.1, -0.05) is 19.1 Å². The van der Waals surface area contributed by atoms with Crippen molar-refractivity contribution >= 4 is 31.6 Å². The number of hydrogen-bond acceptors (Lipinski definition) is 8. The Morgan fingerprint density at radius 2 is 1.96 bits per heavy atom. The predicted molar refractivity (Wildman–Crippen MR) is 177 cm³/mol. The second-order valence-electron chi connectivity index (χ2n) is 13.3. The Hall–Kier alpha value is -4.40. The van der Waals surface area contributed by atoms with Crippen LogP contribution in [0.15, 0.2) is 65.6 Å². The summed E-state index contributed by atoms with van der Waals surface area (Å²) in [7, 11) is -2.20. The Morgan fingerprint density at radius 1 is 1.19 bits per heavy atom. The number of rotatable bonds is 9. The molecule has 2 amide bonds. The van der Waals surface area contributed by atoms with Crippen molar-refractivity contribution in [2.45, 2.75) is 69.1 Å². The van der Waals surface area contributed by atoms with Gasteiger partial charge in [0.1, 0.15) is 0 Å². The summed E-state index contributed by atoms with van der Waals surface area (Å²) in [6.45, 7) is 5.11. The zero-order chi connectivity index (χ0) is 34.5. The number of fused-ring (bicyclic) bond motifs is 2. The van der Waals surface area contributed by atoms with Gasteiger partial charge in [-0.15, -0.1) is 0 Å². The molecule has 254 valence electrons. The molecule has 3 aliphatic rings. The second-order valence-corrected chi connectivity index (χ2v) is 17.1. The number of likely N-dealkylation sites (tertiary alicyclic amines) is 1. The van der Waals surface area contributed by atoms with Crippen molar-refractivity contribution in [1.82, 2.24) is 9.47 Å². The minimum Gasteiger partial charge on any atom is -0.491 e. The highest BCUT2D eigenvalue weighted by molar-refractivity contribution is 6.72. The molecule has 0 saturated carbocycles. The zero-order valence-corrected chi connectivity index (χ0v) is 28.3. The summed E-state index contributed by atoms with van der Waals surface area (Å²) in [5, 5.41) is 21.7.